The molecule has 35 heavy (non-hydrogen) atoms. The van der Waals surface area contributed by atoms with Gasteiger partial charge in [0.15, 0.2) is 0 Å². The number of benzene rings is 3. The summed E-state index contributed by atoms with van der Waals surface area (Å²) in [6.07, 6.45) is 0.541. The molecule has 0 aromatic heterocycles. The Morgan fingerprint density at radius 1 is 0.914 bits per heavy atom. The molecule has 1 heterocycles. The molecular formula is C28H29F3N2O2. The summed E-state index contributed by atoms with van der Waals surface area (Å²) in [5, 5.41) is 3.01. The van der Waals surface area contributed by atoms with E-state index < -0.39 is 18.4 Å². The van der Waals surface area contributed by atoms with Crippen molar-refractivity contribution >= 4 is 6.09 Å². The van der Waals surface area contributed by atoms with Crippen molar-refractivity contribution in [3.8, 4) is 11.1 Å². The smallest absolute Gasteiger partial charge is 0.411 e. The molecule has 3 aromatic carbocycles. The number of halogens is 3. The number of nitrogens with one attached hydrogen (secondary N) is 1. The summed E-state index contributed by atoms with van der Waals surface area (Å²) in [7, 11) is 0. The lowest BCUT2D eigenvalue weighted by Crippen LogP contribution is -2.49. The molecular weight excluding hydrogens is 453 g/mol. The Morgan fingerprint density at radius 2 is 1.49 bits per heavy atom. The monoisotopic (exact) mass is 482 g/mol. The van der Waals surface area contributed by atoms with E-state index in [1.54, 1.807) is 29.2 Å². The summed E-state index contributed by atoms with van der Waals surface area (Å²) in [4.78, 5) is 14.9. The van der Waals surface area contributed by atoms with Crippen LogP contribution in [0.4, 0.5) is 18.0 Å². The van der Waals surface area contributed by atoms with E-state index in [0.29, 0.717) is 25.9 Å². The Morgan fingerprint density at radius 3 is 2.06 bits per heavy atom. The fourth-order valence-corrected chi connectivity index (χ4v) is 4.56. The van der Waals surface area contributed by atoms with Gasteiger partial charge >= 0.3 is 6.09 Å². The van der Waals surface area contributed by atoms with Gasteiger partial charge in [0.25, 0.3) is 0 Å². The van der Waals surface area contributed by atoms with E-state index >= 15 is 0 Å². The van der Waals surface area contributed by atoms with Crippen molar-refractivity contribution in [2.45, 2.75) is 31.4 Å². The van der Waals surface area contributed by atoms with Gasteiger partial charge in [-0.2, -0.15) is 0 Å². The first-order valence-corrected chi connectivity index (χ1v) is 11.8. The standard InChI is InChI=1S/C28H29F3N2O2/c1-20(21-2-4-22(5-3-21)23-6-10-25(30)11-7-23)33-19-15-28(35-27(33)34,14-17-32-18-16-29)24-8-12-26(31)13-9-24/h2-13,20,32H,14-19H2,1H3/t20-,28+/m0/s1. The molecule has 0 aliphatic carbocycles. The lowest BCUT2D eigenvalue weighted by atomic mass is 9.85. The molecule has 1 aliphatic heterocycles. The second kappa shape index (κ2) is 11.0. The molecule has 184 valence electrons. The quantitative estimate of drug-likeness (QED) is 0.360. The molecule has 7 heteroatoms. The normalized spacial score (nSPS) is 18.9. The van der Waals surface area contributed by atoms with Crippen LogP contribution in [0.3, 0.4) is 0 Å². The van der Waals surface area contributed by atoms with Crippen molar-refractivity contribution in [3.63, 3.8) is 0 Å². The van der Waals surface area contributed by atoms with Crippen LogP contribution in [-0.4, -0.2) is 37.3 Å². The third-order valence-electron chi connectivity index (χ3n) is 6.66. The Bertz CT molecular complexity index is 1120. The summed E-state index contributed by atoms with van der Waals surface area (Å²) in [6.45, 7) is 2.62. The fraction of sp³-hybridized carbons (Fsp3) is 0.321. The molecule has 0 radical (unpaired) electrons. The van der Waals surface area contributed by atoms with E-state index in [1.165, 1.54) is 24.3 Å². The molecule has 0 unspecified atom stereocenters. The number of alkyl halides is 1. The molecule has 3 aromatic rings. The fourth-order valence-electron chi connectivity index (χ4n) is 4.56. The van der Waals surface area contributed by atoms with Gasteiger partial charge in [0.1, 0.15) is 23.9 Å². The maximum absolute atomic E-state index is 13.5. The summed E-state index contributed by atoms with van der Waals surface area (Å²) in [5.41, 5.74) is 2.64. The van der Waals surface area contributed by atoms with E-state index in [-0.39, 0.29) is 24.2 Å². The van der Waals surface area contributed by atoms with Crippen LogP contribution in [0.1, 0.15) is 36.9 Å². The van der Waals surface area contributed by atoms with Crippen molar-refractivity contribution in [2.24, 2.45) is 0 Å². The number of ether oxygens (including phenoxy) is 1. The molecule has 4 rings (SSSR count). The molecule has 1 N–H and O–H groups in total. The molecule has 0 saturated carbocycles. The summed E-state index contributed by atoms with van der Waals surface area (Å²) in [5.74, 6) is -0.640. The van der Waals surface area contributed by atoms with Gasteiger partial charge in [-0.25, -0.2) is 18.0 Å². The Balaban J connectivity index is 1.49. The van der Waals surface area contributed by atoms with Gasteiger partial charge in [-0.15, -0.1) is 0 Å². The van der Waals surface area contributed by atoms with Gasteiger partial charge in [0, 0.05) is 25.9 Å². The van der Waals surface area contributed by atoms with Crippen LogP contribution < -0.4 is 5.32 Å². The second-order valence-electron chi connectivity index (χ2n) is 8.81. The minimum Gasteiger partial charge on any atom is -0.438 e. The van der Waals surface area contributed by atoms with E-state index in [9.17, 15) is 18.0 Å². The maximum Gasteiger partial charge on any atom is 0.411 e. The minimum atomic E-state index is -0.906. The van der Waals surface area contributed by atoms with E-state index in [4.69, 9.17) is 4.74 Å². The minimum absolute atomic E-state index is 0.222. The Labute approximate surface area is 203 Å². The van der Waals surface area contributed by atoms with Gasteiger partial charge in [0.05, 0.1) is 6.04 Å². The summed E-state index contributed by atoms with van der Waals surface area (Å²) < 4.78 is 45.3. The zero-order valence-electron chi connectivity index (χ0n) is 19.6. The first-order valence-electron chi connectivity index (χ1n) is 11.8. The number of hydrogen-bond donors (Lipinski definition) is 1. The van der Waals surface area contributed by atoms with Crippen molar-refractivity contribution in [1.82, 2.24) is 10.2 Å². The highest BCUT2D eigenvalue weighted by Crippen LogP contribution is 2.39. The first-order chi connectivity index (χ1) is 16.9. The molecule has 1 amide bonds. The molecule has 4 nitrogen and oxygen atoms in total. The zero-order chi connectivity index (χ0) is 24.8. The number of hydrogen-bond acceptors (Lipinski definition) is 3. The van der Waals surface area contributed by atoms with Crippen molar-refractivity contribution in [3.05, 3.63) is 95.6 Å². The van der Waals surface area contributed by atoms with Crippen LogP contribution in [0.25, 0.3) is 11.1 Å². The number of nitrogens with zero attached hydrogens (tertiary/aromatic N) is 1. The average molecular weight is 483 g/mol. The Hall–Kier alpha value is -3.32. The Kier molecular flexibility index (Phi) is 7.76. The van der Waals surface area contributed by atoms with Crippen LogP contribution in [0, 0.1) is 11.6 Å². The molecule has 1 aliphatic rings. The largest absolute Gasteiger partial charge is 0.438 e. The highest BCUT2D eigenvalue weighted by atomic mass is 19.1. The molecule has 0 bridgehead atoms. The third kappa shape index (κ3) is 5.68. The SMILES string of the molecule is C[C@@H](c1ccc(-c2ccc(F)cc2)cc1)N1CC[C@](CCNCCF)(c2ccc(F)cc2)OC1=O. The van der Waals surface area contributed by atoms with Crippen molar-refractivity contribution < 1.29 is 22.7 Å². The molecule has 2 atom stereocenters. The first kappa shape index (κ1) is 24.8. The van der Waals surface area contributed by atoms with E-state index in [1.807, 2.05) is 31.2 Å². The highest BCUT2D eigenvalue weighted by molar-refractivity contribution is 5.70. The van der Waals surface area contributed by atoms with Crippen LogP contribution >= 0.6 is 0 Å². The number of rotatable bonds is 9. The van der Waals surface area contributed by atoms with E-state index in [0.717, 1.165) is 22.3 Å². The topological polar surface area (TPSA) is 41.6 Å². The van der Waals surface area contributed by atoms with Gasteiger partial charge in [-0.1, -0.05) is 48.5 Å². The number of cyclic esters (lactones) is 1. The molecule has 1 fully saturated rings. The van der Waals surface area contributed by atoms with Gasteiger partial charge in [0.2, 0.25) is 0 Å². The van der Waals surface area contributed by atoms with E-state index in [2.05, 4.69) is 5.32 Å². The van der Waals surface area contributed by atoms with Crippen molar-refractivity contribution in [1.29, 1.82) is 0 Å². The zero-order valence-corrected chi connectivity index (χ0v) is 19.6. The van der Waals surface area contributed by atoms with Crippen LogP contribution in [-0.2, 0) is 10.3 Å². The molecule has 1 saturated heterocycles. The lowest BCUT2D eigenvalue weighted by molar-refractivity contribution is -0.0650. The number of amides is 1. The highest BCUT2D eigenvalue weighted by Gasteiger charge is 2.43. The van der Waals surface area contributed by atoms with Gasteiger partial charge < -0.3 is 15.0 Å². The van der Waals surface area contributed by atoms with Gasteiger partial charge in [-0.05, 0) is 60.0 Å². The van der Waals surface area contributed by atoms with Crippen LogP contribution in [0.5, 0.6) is 0 Å². The van der Waals surface area contributed by atoms with Gasteiger partial charge in [-0.3, -0.25) is 0 Å². The predicted molar refractivity (Wildman–Crippen MR) is 130 cm³/mol. The number of carbonyl (C=O) groups is 1. The molecule has 0 spiro atoms. The van der Waals surface area contributed by atoms with Crippen LogP contribution in [0.15, 0.2) is 72.8 Å². The van der Waals surface area contributed by atoms with Crippen molar-refractivity contribution in [2.75, 3.05) is 26.3 Å². The maximum atomic E-state index is 13.5. The second-order valence-corrected chi connectivity index (χ2v) is 8.81. The summed E-state index contributed by atoms with van der Waals surface area (Å²) >= 11 is 0. The lowest BCUT2D eigenvalue weighted by Gasteiger charge is -2.43. The van der Waals surface area contributed by atoms with Crippen LogP contribution in [0.2, 0.25) is 0 Å². The third-order valence-corrected chi connectivity index (χ3v) is 6.66. The summed E-state index contributed by atoms with van der Waals surface area (Å²) in [6, 6.07) is 19.9. The average Bonchev–Trinajstić information content (AvgIpc) is 2.87. The number of carbonyl (C=O) groups excluding carboxylic acids is 1. The predicted octanol–water partition coefficient (Wildman–Crippen LogP) is 6.38.